The third kappa shape index (κ3) is 5.26. The molecule has 0 bridgehead atoms. The fraction of sp³-hybridized carbons (Fsp3) is 0.375. The number of amides is 1. The Hall–Kier alpha value is -2.25. The molecule has 0 spiro atoms. The third-order valence-corrected chi connectivity index (χ3v) is 6.04. The van der Waals surface area contributed by atoms with Crippen LogP contribution in [0.2, 0.25) is 5.02 Å². The van der Waals surface area contributed by atoms with Crippen molar-refractivity contribution in [1.29, 1.82) is 0 Å². The van der Waals surface area contributed by atoms with E-state index in [1.807, 2.05) is 0 Å². The Balaban J connectivity index is 2.35. The van der Waals surface area contributed by atoms with Crippen molar-refractivity contribution in [2.75, 3.05) is 5.32 Å². The highest BCUT2D eigenvalue weighted by molar-refractivity contribution is 7.89. The molecule has 14 heteroatoms. The first-order valence-electron chi connectivity index (χ1n) is 8.13. The summed E-state index contributed by atoms with van der Waals surface area (Å²) in [5.41, 5.74) is -1.92. The molecule has 2 N–H and O–H groups in total. The van der Waals surface area contributed by atoms with Gasteiger partial charge in [0.25, 0.3) is 11.8 Å². The first-order chi connectivity index (χ1) is 13.5. The largest absolute Gasteiger partial charge is 0.433 e. The first kappa shape index (κ1) is 24.0. The molecule has 7 nitrogen and oxygen atoms in total. The van der Waals surface area contributed by atoms with E-state index in [1.165, 1.54) is 7.05 Å². The number of alkyl halides is 5. The maximum atomic E-state index is 13.3. The Morgan fingerprint density at radius 2 is 1.87 bits per heavy atom. The number of hydrogen-bond donors (Lipinski definition) is 2. The standard InChI is InChI=1S/C16H16ClF5N4O3S/c1-8(15(2,18)19)25-30(28,29)10-7-26(3)13(12(10)17)14(27)24-9-4-5-23-11(6-9)16(20,21)22/h4-8,25H,1-3H3,(H,23,24,27). The van der Waals surface area contributed by atoms with Gasteiger partial charge in [-0.2, -0.15) is 13.2 Å². The van der Waals surface area contributed by atoms with E-state index in [9.17, 15) is 35.2 Å². The van der Waals surface area contributed by atoms with E-state index in [2.05, 4.69) is 10.3 Å². The van der Waals surface area contributed by atoms with Gasteiger partial charge in [0.1, 0.15) is 16.3 Å². The van der Waals surface area contributed by atoms with Crippen LogP contribution in [0, 0.1) is 0 Å². The molecule has 0 saturated heterocycles. The molecule has 0 aliphatic heterocycles. The summed E-state index contributed by atoms with van der Waals surface area (Å²) in [5, 5.41) is 1.58. The number of carbonyl (C=O) groups is 1. The summed E-state index contributed by atoms with van der Waals surface area (Å²) in [5.74, 6) is -4.39. The number of sulfonamides is 1. The van der Waals surface area contributed by atoms with Gasteiger partial charge >= 0.3 is 6.18 Å². The van der Waals surface area contributed by atoms with E-state index in [4.69, 9.17) is 11.6 Å². The smallest absolute Gasteiger partial charge is 0.344 e. The molecule has 0 fully saturated rings. The topological polar surface area (TPSA) is 93.1 Å². The lowest BCUT2D eigenvalue weighted by atomic mass is 10.2. The molecule has 0 aromatic carbocycles. The second-order valence-electron chi connectivity index (χ2n) is 6.45. The highest BCUT2D eigenvalue weighted by Crippen LogP contribution is 2.31. The molecular weight excluding hydrogens is 459 g/mol. The Bertz CT molecular complexity index is 1060. The zero-order valence-electron chi connectivity index (χ0n) is 15.7. The van der Waals surface area contributed by atoms with Crippen LogP contribution in [0.15, 0.2) is 29.4 Å². The number of halogens is 6. The van der Waals surface area contributed by atoms with Crippen molar-refractivity contribution in [2.24, 2.45) is 7.05 Å². The average molecular weight is 475 g/mol. The molecule has 1 unspecified atom stereocenters. The van der Waals surface area contributed by atoms with Crippen LogP contribution in [-0.2, 0) is 23.2 Å². The average Bonchev–Trinajstić information content (AvgIpc) is 2.88. The summed E-state index contributed by atoms with van der Waals surface area (Å²) in [6.07, 6.45) is -2.99. The van der Waals surface area contributed by atoms with Gasteiger partial charge in [-0.3, -0.25) is 9.78 Å². The monoisotopic (exact) mass is 474 g/mol. The molecule has 1 amide bonds. The number of hydrogen-bond acceptors (Lipinski definition) is 4. The van der Waals surface area contributed by atoms with Gasteiger partial charge in [-0.15, -0.1) is 0 Å². The van der Waals surface area contributed by atoms with Crippen molar-refractivity contribution in [3.63, 3.8) is 0 Å². The van der Waals surface area contributed by atoms with Crippen LogP contribution in [-0.4, -0.2) is 35.8 Å². The number of anilines is 1. The van der Waals surface area contributed by atoms with Gasteiger partial charge in [0, 0.05) is 32.1 Å². The lowest BCUT2D eigenvalue weighted by Gasteiger charge is -2.20. The van der Waals surface area contributed by atoms with E-state index in [-0.39, 0.29) is 5.69 Å². The van der Waals surface area contributed by atoms with Crippen molar-refractivity contribution in [2.45, 2.75) is 36.9 Å². The molecule has 2 rings (SSSR count). The molecule has 0 saturated carbocycles. The second-order valence-corrected chi connectivity index (χ2v) is 8.51. The van der Waals surface area contributed by atoms with E-state index in [0.717, 1.165) is 30.0 Å². The molecular formula is C16H16ClF5N4O3S. The van der Waals surface area contributed by atoms with Crippen molar-refractivity contribution in [1.82, 2.24) is 14.3 Å². The quantitative estimate of drug-likeness (QED) is 0.625. The number of nitrogens with one attached hydrogen (secondary N) is 2. The van der Waals surface area contributed by atoms with E-state index >= 15 is 0 Å². The molecule has 0 aliphatic rings. The fourth-order valence-electron chi connectivity index (χ4n) is 2.27. The summed E-state index contributed by atoms with van der Waals surface area (Å²) in [7, 11) is -3.27. The summed E-state index contributed by atoms with van der Waals surface area (Å²) >= 11 is 6.00. The van der Waals surface area contributed by atoms with Gasteiger partial charge in [-0.05, 0) is 19.1 Å². The van der Waals surface area contributed by atoms with Crippen molar-refractivity contribution < 1.29 is 35.2 Å². The molecule has 166 valence electrons. The van der Waals surface area contributed by atoms with Crippen LogP contribution in [0.1, 0.15) is 30.0 Å². The summed E-state index contributed by atoms with van der Waals surface area (Å²) in [6.45, 7) is 1.47. The summed E-state index contributed by atoms with van der Waals surface area (Å²) in [6, 6.07) is -0.0960. The van der Waals surface area contributed by atoms with Gasteiger partial charge in [0.2, 0.25) is 10.0 Å². The van der Waals surface area contributed by atoms with Crippen LogP contribution in [0.4, 0.5) is 27.6 Å². The number of carbonyl (C=O) groups excluding carboxylic acids is 1. The molecule has 0 radical (unpaired) electrons. The van der Waals surface area contributed by atoms with Crippen LogP contribution in [0.5, 0.6) is 0 Å². The van der Waals surface area contributed by atoms with Gasteiger partial charge in [0.05, 0.1) is 11.1 Å². The molecule has 30 heavy (non-hydrogen) atoms. The number of pyridine rings is 1. The van der Waals surface area contributed by atoms with Gasteiger partial charge in [0.15, 0.2) is 0 Å². The lowest BCUT2D eigenvalue weighted by Crippen LogP contribution is -2.43. The minimum absolute atomic E-state index is 0.263. The number of aryl methyl sites for hydroxylation is 1. The van der Waals surface area contributed by atoms with Crippen LogP contribution >= 0.6 is 11.6 Å². The molecule has 0 aliphatic carbocycles. The van der Waals surface area contributed by atoms with Crippen LogP contribution in [0.25, 0.3) is 0 Å². The van der Waals surface area contributed by atoms with Crippen molar-refractivity contribution in [3.05, 3.63) is 40.9 Å². The number of rotatable bonds is 6. The Kier molecular flexibility index (Phi) is 6.50. The maximum absolute atomic E-state index is 13.3. The maximum Gasteiger partial charge on any atom is 0.433 e. The Labute approximate surface area is 173 Å². The number of aromatic nitrogens is 2. The highest BCUT2D eigenvalue weighted by atomic mass is 35.5. The van der Waals surface area contributed by atoms with E-state index in [1.54, 1.807) is 4.72 Å². The van der Waals surface area contributed by atoms with Gasteiger partial charge < -0.3 is 9.88 Å². The van der Waals surface area contributed by atoms with Crippen molar-refractivity contribution in [3.8, 4) is 0 Å². The lowest BCUT2D eigenvalue weighted by molar-refractivity contribution is -0.141. The second kappa shape index (κ2) is 8.12. The van der Waals surface area contributed by atoms with E-state index < -0.39 is 55.4 Å². The van der Waals surface area contributed by atoms with Crippen LogP contribution in [0.3, 0.4) is 0 Å². The fourth-order valence-corrected chi connectivity index (χ4v) is 4.27. The predicted octanol–water partition coefficient (Wildman–Crippen LogP) is 3.67. The third-order valence-electron chi connectivity index (χ3n) is 3.99. The molecule has 2 aromatic rings. The predicted molar refractivity (Wildman–Crippen MR) is 98.0 cm³/mol. The SMILES string of the molecule is CC(NS(=O)(=O)c1cn(C)c(C(=O)Nc2ccnc(C(F)(F)F)c2)c1Cl)C(C)(F)F. The number of nitrogens with zero attached hydrogens (tertiary/aromatic N) is 2. The van der Waals surface area contributed by atoms with Crippen LogP contribution < -0.4 is 10.0 Å². The zero-order valence-corrected chi connectivity index (χ0v) is 17.3. The molecule has 1 atom stereocenters. The zero-order chi connectivity index (χ0) is 23.1. The van der Waals surface area contributed by atoms with Gasteiger partial charge in [-0.25, -0.2) is 21.9 Å². The van der Waals surface area contributed by atoms with Gasteiger partial charge in [-0.1, -0.05) is 11.6 Å². The first-order valence-corrected chi connectivity index (χ1v) is 9.99. The van der Waals surface area contributed by atoms with Crippen molar-refractivity contribution >= 4 is 33.2 Å². The Morgan fingerprint density at radius 1 is 1.27 bits per heavy atom. The summed E-state index contributed by atoms with van der Waals surface area (Å²) < 4.78 is 92.5. The van der Waals surface area contributed by atoms with E-state index in [0.29, 0.717) is 13.0 Å². The normalized spacial score (nSPS) is 13.9. The minimum Gasteiger partial charge on any atom is -0.344 e. The molecule has 2 aromatic heterocycles. The minimum atomic E-state index is -4.74. The molecule has 2 heterocycles. The highest BCUT2D eigenvalue weighted by Gasteiger charge is 2.36. The summed E-state index contributed by atoms with van der Waals surface area (Å²) in [4.78, 5) is 15.0. The Morgan fingerprint density at radius 3 is 2.40 bits per heavy atom.